The number of rotatable bonds is 7. The average molecular weight is 450 g/mol. The number of nitrogens with zero attached hydrogens (tertiary/aromatic N) is 5. The first kappa shape index (κ1) is 21.8. The quantitative estimate of drug-likeness (QED) is 0.446. The molecule has 0 radical (unpaired) electrons. The molecule has 0 fully saturated rings. The van der Waals surface area contributed by atoms with Crippen LogP contribution in [-0.4, -0.2) is 44.6 Å². The second-order valence-electron chi connectivity index (χ2n) is 8.62. The topological polar surface area (TPSA) is 87.5 Å². The normalized spacial score (nSPS) is 11.5. The molecule has 0 unspecified atom stereocenters. The highest BCUT2D eigenvalue weighted by atomic mass is 32.1. The molecule has 3 aromatic heterocycles. The number of carbonyl (C=O) groups excluding carboxylic acids is 1. The molecule has 9 heteroatoms. The first-order valence-electron chi connectivity index (χ1n) is 10.4. The van der Waals surface area contributed by atoms with E-state index in [2.05, 4.69) is 36.4 Å². The molecule has 4 aromatic rings. The van der Waals surface area contributed by atoms with E-state index in [0.29, 0.717) is 6.54 Å². The largest absolute Gasteiger partial charge is 0.364 e. The molecule has 0 saturated heterocycles. The zero-order valence-electron chi connectivity index (χ0n) is 18.7. The van der Waals surface area contributed by atoms with Crippen molar-refractivity contribution in [3.63, 3.8) is 0 Å². The number of carbonyl (C=O) groups is 1. The van der Waals surface area contributed by atoms with E-state index in [4.69, 9.17) is 10.1 Å². The summed E-state index contributed by atoms with van der Waals surface area (Å²) in [4.78, 5) is 23.9. The minimum atomic E-state index is -0.165. The van der Waals surface area contributed by atoms with Crippen LogP contribution in [0.15, 0.2) is 54.9 Å². The smallest absolute Gasteiger partial charge is 0.239 e. The van der Waals surface area contributed by atoms with Gasteiger partial charge in [-0.1, -0.05) is 47.7 Å². The monoisotopic (exact) mass is 449 g/mol. The van der Waals surface area contributed by atoms with Crippen LogP contribution in [-0.2, 0) is 11.3 Å². The van der Waals surface area contributed by atoms with Crippen LogP contribution in [0.25, 0.3) is 16.2 Å². The van der Waals surface area contributed by atoms with E-state index in [0.717, 1.165) is 32.7 Å². The molecule has 32 heavy (non-hydrogen) atoms. The molecule has 0 bridgehead atoms. The number of anilines is 2. The van der Waals surface area contributed by atoms with Crippen LogP contribution < -0.4 is 15.5 Å². The lowest BCUT2D eigenvalue weighted by molar-refractivity contribution is -0.119. The second kappa shape index (κ2) is 8.96. The molecule has 4 rings (SSSR count). The zero-order chi connectivity index (χ0) is 22.7. The van der Waals surface area contributed by atoms with Gasteiger partial charge in [-0.2, -0.15) is 4.52 Å². The third kappa shape index (κ3) is 5.05. The third-order valence-corrected chi connectivity index (χ3v) is 5.68. The Morgan fingerprint density at radius 2 is 1.94 bits per heavy atom. The lowest BCUT2D eigenvalue weighted by Crippen LogP contribution is -2.34. The number of nitrogens with one attached hydrogen (secondary N) is 2. The van der Waals surface area contributed by atoms with E-state index in [9.17, 15) is 4.79 Å². The van der Waals surface area contributed by atoms with Gasteiger partial charge in [0.1, 0.15) is 5.69 Å². The summed E-state index contributed by atoms with van der Waals surface area (Å²) in [6, 6.07) is 13.9. The Bertz CT molecular complexity index is 1200. The van der Waals surface area contributed by atoms with Gasteiger partial charge in [-0.05, 0) is 32.4 Å². The van der Waals surface area contributed by atoms with E-state index in [1.807, 2.05) is 58.9 Å². The number of fused-ring (bicyclic) bond motifs is 1. The van der Waals surface area contributed by atoms with Crippen LogP contribution in [0.5, 0.6) is 0 Å². The van der Waals surface area contributed by atoms with Gasteiger partial charge in [0, 0.05) is 37.1 Å². The Morgan fingerprint density at radius 1 is 1.16 bits per heavy atom. The molecular weight excluding hydrogens is 422 g/mol. The molecule has 166 valence electrons. The highest BCUT2D eigenvalue weighted by Gasteiger charge is 2.23. The number of imidazole rings is 1. The Kier molecular flexibility index (Phi) is 6.09. The summed E-state index contributed by atoms with van der Waals surface area (Å²) in [6.07, 6.45) is 3.46. The fraction of sp³-hybridized carbons (Fsp3) is 0.304. The van der Waals surface area contributed by atoms with Crippen molar-refractivity contribution < 1.29 is 4.79 Å². The van der Waals surface area contributed by atoms with Crippen molar-refractivity contribution in [1.82, 2.24) is 24.9 Å². The minimum absolute atomic E-state index is 0.0813. The Morgan fingerprint density at radius 3 is 2.62 bits per heavy atom. The predicted octanol–water partition coefficient (Wildman–Crippen LogP) is 3.82. The van der Waals surface area contributed by atoms with Crippen LogP contribution >= 0.6 is 11.3 Å². The zero-order valence-corrected chi connectivity index (χ0v) is 19.5. The first-order valence-corrected chi connectivity index (χ1v) is 11.2. The maximum Gasteiger partial charge on any atom is 0.239 e. The van der Waals surface area contributed by atoms with Crippen LogP contribution in [0.3, 0.4) is 0 Å². The number of amides is 1. The molecule has 3 heterocycles. The highest BCUT2D eigenvalue weighted by Crippen LogP contribution is 2.34. The van der Waals surface area contributed by atoms with Gasteiger partial charge in [-0.25, -0.2) is 4.98 Å². The van der Waals surface area contributed by atoms with Crippen molar-refractivity contribution in [2.24, 2.45) is 0 Å². The van der Waals surface area contributed by atoms with E-state index < -0.39 is 0 Å². The lowest BCUT2D eigenvalue weighted by Gasteiger charge is -2.22. The van der Waals surface area contributed by atoms with Crippen molar-refractivity contribution in [3.8, 4) is 11.3 Å². The molecule has 1 amide bonds. The predicted molar refractivity (Wildman–Crippen MR) is 129 cm³/mol. The molecule has 0 aliphatic carbocycles. The molecule has 8 nitrogen and oxygen atoms in total. The maximum absolute atomic E-state index is 12.4. The maximum atomic E-state index is 12.4. The Labute approximate surface area is 191 Å². The van der Waals surface area contributed by atoms with E-state index >= 15 is 0 Å². The second-order valence-corrected chi connectivity index (χ2v) is 9.56. The number of pyridine rings is 1. The molecule has 0 spiro atoms. The van der Waals surface area contributed by atoms with Crippen LogP contribution in [0.2, 0.25) is 0 Å². The fourth-order valence-corrected chi connectivity index (χ4v) is 4.06. The summed E-state index contributed by atoms with van der Waals surface area (Å²) < 4.78 is 1.83. The summed E-state index contributed by atoms with van der Waals surface area (Å²) in [7, 11) is 1.86. The van der Waals surface area contributed by atoms with Gasteiger partial charge >= 0.3 is 0 Å². The highest BCUT2D eigenvalue weighted by molar-refractivity contribution is 7.20. The van der Waals surface area contributed by atoms with Gasteiger partial charge in [-0.3, -0.25) is 9.78 Å². The van der Waals surface area contributed by atoms with Gasteiger partial charge < -0.3 is 15.5 Å². The summed E-state index contributed by atoms with van der Waals surface area (Å²) in [5.74, 6) is 0.762. The minimum Gasteiger partial charge on any atom is -0.364 e. The number of likely N-dealkylation sites (N-methyl/N-ethyl adjacent to an activating group) is 1. The number of hydrogen-bond acceptors (Lipinski definition) is 7. The van der Waals surface area contributed by atoms with Crippen LogP contribution in [0.4, 0.5) is 10.9 Å². The van der Waals surface area contributed by atoms with Crippen molar-refractivity contribution >= 4 is 33.2 Å². The van der Waals surface area contributed by atoms with E-state index in [-0.39, 0.29) is 18.0 Å². The van der Waals surface area contributed by atoms with Gasteiger partial charge in [0.25, 0.3) is 0 Å². The standard InChI is InChI=1S/C23H27N7OS/c1-23(2,3)27-20-19(17-10-6-5-7-11-17)26-21-30(20)28-22(32-21)29(4)15-18(31)25-14-16-9-8-12-24-13-16/h5-13,27H,14-15H2,1-4H3,(H,25,31). The third-order valence-electron chi connectivity index (χ3n) is 4.65. The SMILES string of the molecule is CN(CC(=O)NCc1cccnc1)c1nn2c(NC(C)(C)C)c(-c3ccccc3)nc2s1. The average Bonchev–Trinajstić information content (AvgIpc) is 3.32. The first-order chi connectivity index (χ1) is 15.3. The van der Waals surface area contributed by atoms with Gasteiger partial charge in [0.2, 0.25) is 16.0 Å². The van der Waals surface area contributed by atoms with Crippen molar-refractivity contribution in [2.45, 2.75) is 32.9 Å². The Balaban J connectivity index is 1.54. The van der Waals surface area contributed by atoms with Crippen LogP contribution in [0.1, 0.15) is 26.3 Å². The number of hydrogen-bond donors (Lipinski definition) is 2. The van der Waals surface area contributed by atoms with Crippen molar-refractivity contribution in [3.05, 3.63) is 60.4 Å². The molecule has 1 aromatic carbocycles. The van der Waals surface area contributed by atoms with Crippen molar-refractivity contribution in [1.29, 1.82) is 0 Å². The van der Waals surface area contributed by atoms with Gasteiger partial charge in [0.05, 0.1) is 6.54 Å². The van der Waals surface area contributed by atoms with Crippen LogP contribution in [0, 0.1) is 0 Å². The lowest BCUT2D eigenvalue weighted by atomic mass is 10.1. The Hall–Kier alpha value is -3.46. The fourth-order valence-electron chi connectivity index (χ4n) is 3.20. The van der Waals surface area contributed by atoms with Crippen molar-refractivity contribution in [2.75, 3.05) is 23.8 Å². The molecule has 0 saturated carbocycles. The molecule has 2 N–H and O–H groups in total. The number of benzene rings is 1. The molecular formula is C23H27N7OS. The summed E-state index contributed by atoms with van der Waals surface area (Å²) in [5, 5.41) is 11.9. The van der Waals surface area contributed by atoms with E-state index in [1.165, 1.54) is 11.3 Å². The molecule has 0 atom stereocenters. The number of aromatic nitrogens is 4. The molecule has 0 aliphatic heterocycles. The van der Waals surface area contributed by atoms with Gasteiger partial charge in [0.15, 0.2) is 5.82 Å². The molecule has 0 aliphatic rings. The van der Waals surface area contributed by atoms with Gasteiger partial charge in [-0.15, -0.1) is 5.10 Å². The van der Waals surface area contributed by atoms with E-state index in [1.54, 1.807) is 12.4 Å². The summed E-state index contributed by atoms with van der Waals surface area (Å²) in [6.45, 7) is 6.96. The summed E-state index contributed by atoms with van der Waals surface area (Å²) >= 11 is 1.45. The summed E-state index contributed by atoms with van der Waals surface area (Å²) in [5.41, 5.74) is 2.69.